The van der Waals surface area contributed by atoms with Gasteiger partial charge in [0.15, 0.2) is 0 Å². The molecule has 41 heavy (non-hydrogen) atoms. The number of rotatable bonds is 12. The molecule has 0 saturated carbocycles. The molecule has 2 aromatic rings. The molecule has 224 valence electrons. The van der Waals surface area contributed by atoms with Crippen molar-refractivity contribution in [3.05, 3.63) is 53.1 Å². The summed E-state index contributed by atoms with van der Waals surface area (Å²) in [6.45, 7) is 12.7. The van der Waals surface area contributed by atoms with Crippen molar-refractivity contribution in [2.45, 2.75) is 72.0 Å². The molecule has 0 aromatic heterocycles. The third-order valence-corrected chi connectivity index (χ3v) is 8.65. The highest BCUT2D eigenvalue weighted by atomic mass is 16.5. The summed E-state index contributed by atoms with van der Waals surface area (Å²) in [6, 6.07) is 13.2. The predicted octanol–water partition coefficient (Wildman–Crippen LogP) is 4.03. The molecule has 8 nitrogen and oxygen atoms in total. The van der Waals surface area contributed by atoms with Gasteiger partial charge < -0.3 is 30.7 Å². The monoisotopic (exact) mass is 564 g/mol. The van der Waals surface area contributed by atoms with Gasteiger partial charge in [-0.2, -0.15) is 0 Å². The average molecular weight is 565 g/mol. The van der Waals surface area contributed by atoms with Crippen LogP contribution < -0.4 is 20.9 Å². The molecule has 2 saturated heterocycles. The molecular weight excluding hydrogens is 516 g/mol. The number of hydrogen-bond donors (Lipinski definition) is 4. The maximum absolute atomic E-state index is 13.7. The Balaban J connectivity index is 1.62. The minimum Gasteiger partial charge on any atom is -0.396 e. The number of nitrogens with zero attached hydrogens (tertiary/aromatic N) is 1. The number of piperidine rings is 1. The van der Waals surface area contributed by atoms with Crippen molar-refractivity contribution < 1.29 is 19.4 Å². The molecule has 0 bridgehead atoms. The standard InChI is InChI=1S/C33H48N4O4/c1-5-37(28-11-15-41-16-12-28)31-19-27(26-9-7-25(8-10-26)20-34-13-6-14-38)18-29(24(31)4)32(39)35-21-30-22(2)17-23(3)36-33(30)40/h7-10,18-19,22-23,28,30,34,38H,5-6,11-17,20-21H2,1-4H3,(H,35,39)(H,36,40). The fourth-order valence-electron chi connectivity index (χ4n) is 6.25. The number of carbonyl (C=O) groups is 2. The van der Waals surface area contributed by atoms with E-state index in [0.29, 0.717) is 18.2 Å². The largest absolute Gasteiger partial charge is 0.396 e. The lowest BCUT2D eigenvalue weighted by atomic mass is 9.84. The van der Waals surface area contributed by atoms with Crippen LogP contribution in [0.15, 0.2) is 36.4 Å². The summed E-state index contributed by atoms with van der Waals surface area (Å²) in [6.07, 6.45) is 3.57. The van der Waals surface area contributed by atoms with Crippen LogP contribution in [-0.2, 0) is 16.1 Å². The van der Waals surface area contributed by atoms with Crippen LogP contribution in [0.3, 0.4) is 0 Å². The molecule has 2 aromatic carbocycles. The van der Waals surface area contributed by atoms with Crippen LogP contribution in [0.5, 0.6) is 0 Å². The third kappa shape index (κ3) is 7.87. The second kappa shape index (κ2) is 14.8. The Morgan fingerprint density at radius 1 is 1.12 bits per heavy atom. The molecule has 2 heterocycles. The average Bonchev–Trinajstić information content (AvgIpc) is 2.97. The van der Waals surface area contributed by atoms with E-state index >= 15 is 0 Å². The lowest BCUT2D eigenvalue weighted by Gasteiger charge is -2.37. The van der Waals surface area contributed by atoms with Crippen molar-refractivity contribution in [1.82, 2.24) is 16.0 Å². The minimum absolute atomic E-state index is 0.0188. The van der Waals surface area contributed by atoms with Gasteiger partial charge in [0.05, 0.1) is 5.92 Å². The number of aliphatic hydroxyl groups excluding tert-OH is 1. The predicted molar refractivity (Wildman–Crippen MR) is 164 cm³/mol. The Kier molecular flexibility index (Phi) is 11.2. The van der Waals surface area contributed by atoms with Gasteiger partial charge in [-0.3, -0.25) is 9.59 Å². The molecule has 4 N–H and O–H groups in total. The van der Waals surface area contributed by atoms with Gasteiger partial charge in [0, 0.05) is 62.8 Å². The third-order valence-electron chi connectivity index (χ3n) is 8.65. The number of ether oxygens (including phenoxy) is 1. The first-order valence-corrected chi connectivity index (χ1v) is 15.3. The lowest BCUT2D eigenvalue weighted by molar-refractivity contribution is -0.129. The Bertz CT molecular complexity index is 1160. The Morgan fingerprint density at radius 2 is 1.85 bits per heavy atom. The van der Waals surface area contributed by atoms with Crippen molar-refractivity contribution >= 4 is 17.5 Å². The van der Waals surface area contributed by atoms with E-state index in [1.165, 1.54) is 5.56 Å². The maximum Gasteiger partial charge on any atom is 0.251 e. The molecular formula is C33H48N4O4. The van der Waals surface area contributed by atoms with Crippen molar-refractivity contribution in [1.29, 1.82) is 0 Å². The van der Waals surface area contributed by atoms with E-state index in [4.69, 9.17) is 9.84 Å². The number of anilines is 1. The fourth-order valence-corrected chi connectivity index (χ4v) is 6.25. The van der Waals surface area contributed by atoms with Crippen molar-refractivity contribution in [2.75, 3.05) is 44.4 Å². The quantitative estimate of drug-likeness (QED) is 0.291. The first kappa shape index (κ1) is 31.0. The molecule has 0 radical (unpaired) electrons. The van der Waals surface area contributed by atoms with Crippen LogP contribution in [0.1, 0.15) is 67.9 Å². The zero-order valence-corrected chi connectivity index (χ0v) is 25.2. The number of benzene rings is 2. The van der Waals surface area contributed by atoms with Gasteiger partial charge in [-0.05, 0) is 93.3 Å². The van der Waals surface area contributed by atoms with Crippen molar-refractivity contribution in [2.24, 2.45) is 11.8 Å². The topological polar surface area (TPSA) is 103 Å². The molecule has 8 heteroatoms. The van der Waals surface area contributed by atoms with E-state index in [1.807, 2.05) is 19.9 Å². The van der Waals surface area contributed by atoms with E-state index in [1.54, 1.807) is 0 Å². The molecule has 2 aliphatic rings. The normalized spacial score (nSPS) is 21.4. The second-order valence-electron chi connectivity index (χ2n) is 11.7. The van der Waals surface area contributed by atoms with Crippen LogP contribution in [0.4, 0.5) is 5.69 Å². The fraction of sp³-hybridized carbons (Fsp3) is 0.576. The summed E-state index contributed by atoms with van der Waals surface area (Å²) < 4.78 is 5.64. The van der Waals surface area contributed by atoms with Gasteiger partial charge >= 0.3 is 0 Å². The van der Waals surface area contributed by atoms with E-state index in [2.05, 4.69) is 65.0 Å². The summed E-state index contributed by atoms with van der Waals surface area (Å²) in [5.74, 6) is -0.143. The number of nitrogens with one attached hydrogen (secondary N) is 3. The molecule has 2 amide bonds. The summed E-state index contributed by atoms with van der Waals surface area (Å²) in [7, 11) is 0. The van der Waals surface area contributed by atoms with Crippen LogP contribution in [-0.4, -0.2) is 68.5 Å². The minimum atomic E-state index is -0.231. The van der Waals surface area contributed by atoms with E-state index in [9.17, 15) is 9.59 Å². The zero-order valence-electron chi connectivity index (χ0n) is 25.2. The summed E-state index contributed by atoms with van der Waals surface area (Å²) in [5.41, 5.74) is 5.90. The molecule has 2 aliphatic heterocycles. The SMILES string of the molecule is CCN(c1cc(-c2ccc(CNCCCO)cc2)cc(C(=O)NCC2C(=O)NC(C)CC2C)c1C)C1CCOCC1. The zero-order chi connectivity index (χ0) is 29.4. The number of hydrogen-bond acceptors (Lipinski definition) is 6. The van der Waals surface area contributed by atoms with E-state index in [-0.39, 0.29) is 36.3 Å². The highest BCUT2D eigenvalue weighted by Crippen LogP contribution is 2.34. The highest BCUT2D eigenvalue weighted by molar-refractivity contribution is 5.99. The summed E-state index contributed by atoms with van der Waals surface area (Å²) in [4.78, 5) is 28.8. The lowest BCUT2D eigenvalue weighted by Crippen LogP contribution is -2.50. The maximum atomic E-state index is 13.7. The molecule has 3 atom stereocenters. The van der Waals surface area contributed by atoms with Gasteiger partial charge in [-0.1, -0.05) is 31.2 Å². The number of aliphatic hydroxyl groups is 1. The van der Waals surface area contributed by atoms with E-state index in [0.717, 1.165) is 80.9 Å². The number of amides is 2. The van der Waals surface area contributed by atoms with Gasteiger partial charge in [-0.15, -0.1) is 0 Å². The van der Waals surface area contributed by atoms with Crippen molar-refractivity contribution in [3.63, 3.8) is 0 Å². The number of carbonyl (C=O) groups excluding carboxylic acids is 2. The molecule has 3 unspecified atom stereocenters. The van der Waals surface area contributed by atoms with Crippen LogP contribution in [0.2, 0.25) is 0 Å². The van der Waals surface area contributed by atoms with Crippen LogP contribution >= 0.6 is 0 Å². The van der Waals surface area contributed by atoms with Gasteiger partial charge in [-0.25, -0.2) is 0 Å². The molecule has 2 fully saturated rings. The molecule has 4 rings (SSSR count). The first-order chi connectivity index (χ1) is 19.8. The van der Waals surface area contributed by atoms with Gasteiger partial charge in [0.2, 0.25) is 5.91 Å². The summed E-state index contributed by atoms with van der Waals surface area (Å²) in [5, 5.41) is 18.5. The summed E-state index contributed by atoms with van der Waals surface area (Å²) >= 11 is 0. The van der Waals surface area contributed by atoms with Crippen molar-refractivity contribution in [3.8, 4) is 11.1 Å². The highest BCUT2D eigenvalue weighted by Gasteiger charge is 2.32. The first-order valence-electron chi connectivity index (χ1n) is 15.3. The Morgan fingerprint density at radius 3 is 2.51 bits per heavy atom. The smallest absolute Gasteiger partial charge is 0.251 e. The Labute approximate surface area is 245 Å². The van der Waals surface area contributed by atoms with Gasteiger partial charge in [0.1, 0.15) is 0 Å². The van der Waals surface area contributed by atoms with Crippen LogP contribution in [0.25, 0.3) is 11.1 Å². The Hall–Kier alpha value is -2.94. The second-order valence-corrected chi connectivity index (χ2v) is 11.7. The van der Waals surface area contributed by atoms with E-state index < -0.39 is 0 Å². The molecule has 0 spiro atoms. The van der Waals surface area contributed by atoms with Crippen LogP contribution in [0, 0.1) is 18.8 Å². The molecule has 0 aliphatic carbocycles. The van der Waals surface area contributed by atoms with Gasteiger partial charge in [0.25, 0.3) is 5.91 Å².